The molecule has 0 aromatic heterocycles. The number of benzene rings is 2. The fraction of sp³-hybridized carbons (Fsp3) is 0.464. The van der Waals surface area contributed by atoms with Crippen LogP contribution in [0.15, 0.2) is 49.1 Å². The molecule has 1 fully saturated rings. The number of anilines is 1. The van der Waals surface area contributed by atoms with Crippen molar-refractivity contribution in [3.63, 3.8) is 0 Å². The number of aryl methyl sites for hydroxylation is 1. The first-order valence-electron chi connectivity index (χ1n) is 12.1. The number of ether oxygens (including phenoxy) is 1. The van der Waals surface area contributed by atoms with Crippen LogP contribution >= 0.6 is 11.6 Å². The van der Waals surface area contributed by atoms with Gasteiger partial charge in [0.25, 0.3) is 0 Å². The van der Waals surface area contributed by atoms with Gasteiger partial charge in [-0.15, -0.1) is 6.58 Å². The molecule has 4 atom stereocenters. The van der Waals surface area contributed by atoms with E-state index in [0.717, 1.165) is 55.9 Å². The van der Waals surface area contributed by atoms with Crippen molar-refractivity contribution in [3.05, 3.63) is 70.8 Å². The summed E-state index contributed by atoms with van der Waals surface area (Å²) in [4.78, 5) is 14.1. The number of carboxylic acid groups (broad SMARTS) is 1. The van der Waals surface area contributed by atoms with Crippen LogP contribution in [0.1, 0.15) is 54.1 Å². The Bertz CT molecular complexity index is 1130. The molecule has 2 aromatic rings. The van der Waals surface area contributed by atoms with Crippen molar-refractivity contribution in [3.8, 4) is 5.75 Å². The SMILES string of the molecule is C=C[C@H](O)[C@]1(C)CC[C@H]1CN1C[C@@]2(CCCc3cc(Cl)ccc32)COc2ccc(C(=O)O)cc21. The number of nitrogens with zero attached hydrogens (tertiary/aromatic N) is 1. The smallest absolute Gasteiger partial charge is 0.335 e. The maximum Gasteiger partial charge on any atom is 0.335 e. The lowest BCUT2D eigenvalue weighted by atomic mass is 9.58. The molecule has 2 aliphatic carbocycles. The summed E-state index contributed by atoms with van der Waals surface area (Å²) < 4.78 is 6.41. The van der Waals surface area contributed by atoms with Crippen molar-refractivity contribution in [2.75, 3.05) is 24.6 Å². The third-order valence-electron chi connectivity index (χ3n) is 8.59. The van der Waals surface area contributed by atoms with Gasteiger partial charge in [-0.3, -0.25) is 0 Å². The number of carbonyl (C=O) groups is 1. The van der Waals surface area contributed by atoms with Gasteiger partial charge in [-0.25, -0.2) is 4.79 Å². The van der Waals surface area contributed by atoms with Gasteiger partial charge < -0.3 is 19.8 Å². The molecule has 5 nitrogen and oxygen atoms in total. The molecule has 2 N–H and O–H groups in total. The minimum absolute atomic E-state index is 0.211. The molecule has 180 valence electrons. The van der Waals surface area contributed by atoms with Crippen LogP contribution in [0.2, 0.25) is 5.02 Å². The Morgan fingerprint density at radius 1 is 1.32 bits per heavy atom. The average molecular weight is 482 g/mol. The highest BCUT2D eigenvalue weighted by Gasteiger charge is 2.49. The van der Waals surface area contributed by atoms with Gasteiger partial charge in [0.15, 0.2) is 0 Å². The fourth-order valence-corrected chi connectivity index (χ4v) is 6.47. The Labute approximate surface area is 206 Å². The zero-order chi connectivity index (χ0) is 24.1. The van der Waals surface area contributed by atoms with E-state index in [2.05, 4.69) is 30.5 Å². The number of carboxylic acids is 1. The molecule has 5 rings (SSSR count). The molecule has 1 heterocycles. The highest BCUT2D eigenvalue weighted by molar-refractivity contribution is 6.30. The minimum Gasteiger partial charge on any atom is -0.490 e. The number of hydrogen-bond donors (Lipinski definition) is 2. The Hall–Kier alpha value is -2.50. The fourth-order valence-electron chi connectivity index (χ4n) is 6.28. The number of aliphatic hydroxyl groups is 1. The molecule has 0 saturated heterocycles. The quantitative estimate of drug-likeness (QED) is 0.554. The van der Waals surface area contributed by atoms with Gasteiger partial charge in [-0.05, 0) is 79.5 Å². The van der Waals surface area contributed by atoms with E-state index < -0.39 is 12.1 Å². The summed E-state index contributed by atoms with van der Waals surface area (Å²) in [5.74, 6) is 0.0356. The van der Waals surface area contributed by atoms with E-state index in [-0.39, 0.29) is 22.3 Å². The van der Waals surface area contributed by atoms with Crippen LogP contribution in [0, 0.1) is 11.3 Å². The number of fused-ring (bicyclic) bond motifs is 3. The van der Waals surface area contributed by atoms with Crippen molar-refractivity contribution < 1.29 is 19.7 Å². The van der Waals surface area contributed by atoms with Crippen LogP contribution in [0.25, 0.3) is 0 Å². The Morgan fingerprint density at radius 2 is 2.15 bits per heavy atom. The van der Waals surface area contributed by atoms with Gasteiger partial charge in [0, 0.05) is 28.9 Å². The topological polar surface area (TPSA) is 70.0 Å². The molecule has 1 saturated carbocycles. The Balaban J connectivity index is 1.56. The Kier molecular flexibility index (Phi) is 5.89. The van der Waals surface area contributed by atoms with E-state index in [1.165, 1.54) is 11.1 Å². The maximum atomic E-state index is 11.8. The summed E-state index contributed by atoms with van der Waals surface area (Å²) in [6.45, 7) is 7.94. The predicted octanol–water partition coefficient (Wildman–Crippen LogP) is 5.47. The van der Waals surface area contributed by atoms with Crippen molar-refractivity contribution in [2.24, 2.45) is 11.3 Å². The molecule has 0 unspecified atom stereocenters. The molecule has 0 bridgehead atoms. The molecular formula is C28H32ClNO4. The number of rotatable bonds is 5. The maximum absolute atomic E-state index is 11.8. The second kappa shape index (κ2) is 8.62. The summed E-state index contributed by atoms with van der Waals surface area (Å²) in [5, 5.41) is 21.1. The van der Waals surface area contributed by atoms with Crippen LogP contribution in [0.3, 0.4) is 0 Å². The lowest BCUT2D eigenvalue weighted by Crippen LogP contribution is -2.53. The molecule has 1 aliphatic heterocycles. The zero-order valence-electron chi connectivity index (χ0n) is 19.6. The van der Waals surface area contributed by atoms with Gasteiger partial charge in [-0.2, -0.15) is 0 Å². The summed E-state index contributed by atoms with van der Waals surface area (Å²) >= 11 is 6.33. The first kappa shape index (κ1) is 23.3. The van der Waals surface area contributed by atoms with E-state index in [1.807, 2.05) is 6.07 Å². The number of aliphatic hydroxyl groups excluding tert-OH is 1. The summed E-state index contributed by atoms with van der Waals surface area (Å²) in [5.41, 5.74) is 3.18. The molecule has 6 heteroatoms. The molecule has 0 amide bonds. The van der Waals surface area contributed by atoms with Crippen molar-refractivity contribution in [1.82, 2.24) is 0 Å². The van der Waals surface area contributed by atoms with Crippen LogP contribution in [-0.2, 0) is 11.8 Å². The third kappa shape index (κ3) is 3.79. The minimum atomic E-state index is -0.949. The van der Waals surface area contributed by atoms with Gasteiger partial charge in [0.1, 0.15) is 5.75 Å². The highest BCUT2D eigenvalue weighted by Crippen LogP contribution is 2.51. The predicted molar refractivity (Wildman–Crippen MR) is 134 cm³/mol. The first-order chi connectivity index (χ1) is 16.3. The van der Waals surface area contributed by atoms with Gasteiger partial charge in [0.2, 0.25) is 0 Å². The summed E-state index contributed by atoms with van der Waals surface area (Å²) in [6.07, 6.45) is 6.09. The first-order valence-corrected chi connectivity index (χ1v) is 12.5. The van der Waals surface area contributed by atoms with Crippen LogP contribution < -0.4 is 9.64 Å². The summed E-state index contributed by atoms with van der Waals surface area (Å²) in [7, 11) is 0. The number of hydrogen-bond acceptors (Lipinski definition) is 4. The van der Waals surface area contributed by atoms with Crippen LogP contribution in [0.4, 0.5) is 5.69 Å². The van der Waals surface area contributed by atoms with E-state index in [1.54, 1.807) is 24.3 Å². The number of aromatic carboxylic acids is 1. The molecule has 34 heavy (non-hydrogen) atoms. The summed E-state index contributed by atoms with van der Waals surface area (Å²) in [6, 6.07) is 11.3. The molecule has 0 radical (unpaired) electrons. The van der Waals surface area contributed by atoms with Crippen LogP contribution in [0.5, 0.6) is 5.75 Å². The lowest BCUT2D eigenvalue weighted by molar-refractivity contribution is -0.0466. The van der Waals surface area contributed by atoms with Crippen molar-refractivity contribution in [2.45, 2.75) is 50.5 Å². The van der Waals surface area contributed by atoms with E-state index in [9.17, 15) is 15.0 Å². The monoisotopic (exact) mass is 481 g/mol. The molecule has 3 aliphatic rings. The largest absolute Gasteiger partial charge is 0.490 e. The second-order valence-electron chi connectivity index (χ2n) is 10.5. The normalized spacial score (nSPS) is 28.7. The third-order valence-corrected chi connectivity index (χ3v) is 8.82. The van der Waals surface area contributed by atoms with E-state index in [4.69, 9.17) is 16.3 Å². The second-order valence-corrected chi connectivity index (χ2v) is 11.0. The van der Waals surface area contributed by atoms with Crippen molar-refractivity contribution in [1.29, 1.82) is 0 Å². The molecule has 2 aromatic carbocycles. The molecule has 1 spiro atoms. The van der Waals surface area contributed by atoms with E-state index in [0.29, 0.717) is 12.4 Å². The lowest BCUT2D eigenvalue weighted by Gasteiger charge is -2.52. The van der Waals surface area contributed by atoms with Gasteiger partial charge >= 0.3 is 5.97 Å². The molecular weight excluding hydrogens is 450 g/mol. The van der Waals surface area contributed by atoms with Crippen molar-refractivity contribution >= 4 is 23.3 Å². The highest BCUT2D eigenvalue weighted by atomic mass is 35.5. The zero-order valence-corrected chi connectivity index (χ0v) is 20.4. The number of halogens is 1. The Morgan fingerprint density at radius 3 is 2.85 bits per heavy atom. The van der Waals surface area contributed by atoms with Gasteiger partial charge in [-0.1, -0.05) is 30.7 Å². The van der Waals surface area contributed by atoms with Crippen LogP contribution in [-0.4, -0.2) is 42.0 Å². The van der Waals surface area contributed by atoms with E-state index >= 15 is 0 Å². The standard InChI is InChI=1S/C28H32ClNO4/c1-3-25(31)27(2)12-10-20(27)15-30-16-28(11-4-5-18-13-21(29)7-8-22(18)28)17-34-24-9-6-19(26(32)33)14-23(24)30/h3,6-9,13-14,20,25,31H,1,4-5,10-12,15-17H2,2H3,(H,32,33)/t20-,25-,27+,28-/m0/s1. The average Bonchev–Trinajstić information content (AvgIpc) is 2.97. The van der Waals surface area contributed by atoms with Gasteiger partial charge in [0.05, 0.1) is 24.0 Å².